The maximum atomic E-state index is 5.39. The summed E-state index contributed by atoms with van der Waals surface area (Å²) in [5, 5.41) is 0. The Labute approximate surface area is 235 Å². The number of pyridine rings is 1. The number of benzene rings is 4. The highest BCUT2D eigenvalue weighted by Crippen LogP contribution is 2.25. The van der Waals surface area contributed by atoms with Gasteiger partial charge in [0.1, 0.15) is 11.5 Å². The van der Waals surface area contributed by atoms with Crippen molar-refractivity contribution in [3.8, 4) is 11.5 Å². The highest BCUT2D eigenvalue weighted by molar-refractivity contribution is 6.16. The van der Waals surface area contributed by atoms with Gasteiger partial charge in [-0.25, -0.2) is 15.0 Å². The zero-order chi connectivity index (χ0) is 27.9. The van der Waals surface area contributed by atoms with Gasteiger partial charge in [0.25, 0.3) is 0 Å². The highest BCUT2D eigenvalue weighted by Gasteiger charge is 2.15. The van der Waals surface area contributed by atoms with Gasteiger partial charge in [0.2, 0.25) is 0 Å². The summed E-state index contributed by atoms with van der Waals surface area (Å²) in [5.74, 6) is 1.57. The lowest BCUT2D eigenvalue weighted by atomic mass is 10.0. The minimum absolute atomic E-state index is 0.747. The second kappa shape index (κ2) is 12.2. The summed E-state index contributed by atoms with van der Waals surface area (Å²) in [6.45, 7) is 4.12. The standard InChI is InChI=1S/C35H31N3O2/c1-24-10-5-7-12-30(24)37-34(26-16-20-28(39-3)21-17-26)32-14-9-15-33(36-32)35(27-18-22-29(40-4)23-19-27)38-31-13-8-6-11-25(31)2/h5-23H,1-4H3/b37-34+,38-35+. The van der Waals surface area contributed by atoms with E-state index >= 15 is 0 Å². The first-order valence-corrected chi connectivity index (χ1v) is 13.1. The monoisotopic (exact) mass is 525 g/mol. The Balaban J connectivity index is 1.68. The van der Waals surface area contributed by atoms with Crippen molar-refractivity contribution in [2.45, 2.75) is 13.8 Å². The van der Waals surface area contributed by atoms with E-state index in [1.54, 1.807) is 14.2 Å². The zero-order valence-corrected chi connectivity index (χ0v) is 23.1. The summed E-state index contributed by atoms with van der Waals surface area (Å²) < 4.78 is 10.8. The van der Waals surface area contributed by atoms with E-state index in [1.807, 2.05) is 103 Å². The Morgan fingerprint density at radius 2 is 0.900 bits per heavy atom. The molecular weight excluding hydrogens is 494 g/mol. The number of aryl methyl sites for hydroxylation is 2. The molecule has 5 nitrogen and oxygen atoms in total. The summed E-state index contributed by atoms with van der Waals surface area (Å²) in [6.07, 6.45) is 0. The molecule has 0 aliphatic heterocycles. The van der Waals surface area contributed by atoms with Gasteiger partial charge in [0.15, 0.2) is 0 Å². The van der Waals surface area contributed by atoms with Crippen LogP contribution in [-0.4, -0.2) is 30.6 Å². The Hall–Kier alpha value is -5.03. The van der Waals surface area contributed by atoms with Crippen LogP contribution in [0.3, 0.4) is 0 Å². The lowest BCUT2D eigenvalue weighted by molar-refractivity contribution is 0.414. The van der Waals surface area contributed by atoms with Crippen LogP contribution < -0.4 is 9.47 Å². The fourth-order valence-electron chi connectivity index (χ4n) is 4.35. The molecule has 0 fully saturated rings. The quantitative estimate of drug-likeness (QED) is 0.193. The van der Waals surface area contributed by atoms with E-state index < -0.39 is 0 Å². The number of hydrogen-bond acceptors (Lipinski definition) is 5. The molecule has 0 unspecified atom stereocenters. The fraction of sp³-hybridized carbons (Fsp3) is 0.114. The third-order valence-corrected chi connectivity index (χ3v) is 6.66. The average molecular weight is 526 g/mol. The molecule has 5 aromatic rings. The van der Waals surface area contributed by atoms with Crippen molar-refractivity contribution in [2.24, 2.45) is 9.98 Å². The van der Waals surface area contributed by atoms with E-state index in [2.05, 4.69) is 26.0 Å². The van der Waals surface area contributed by atoms with Crippen LogP contribution in [-0.2, 0) is 0 Å². The van der Waals surface area contributed by atoms with E-state index in [1.165, 1.54) is 0 Å². The second-order valence-corrected chi connectivity index (χ2v) is 9.36. The minimum Gasteiger partial charge on any atom is -0.497 e. The predicted molar refractivity (Wildman–Crippen MR) is 163 cm³/mol. The minimum atomic E-state index is 0.747. The second-order valence-electron chi connectivity index (χ2n) is 9.36. The van der Waals surface area contributed by atoms with Gasteiger partial charge < -0.3 is 9.47 Å². The van der Waals surface area contributed by atoms with Crippen LogP contribution in [0.2, 0.25) is 0 Å². The first-order chi connectivity index (χ1) is 19.6. The highest BCUT2D eigenvalue weighted by atomic mass is 16.5. The summed E-state index contributed by atoms with van der Waals surface area (Å²) in [4.78, 5) is 15.3. The summed E-state index contributed by atoms with van der Waals surface area (Å²) in [6, 6.07) is 38.0. The van der Waals surface area contributed by atoms with E-state index in [9.17, 15) is 0 Å². The smallest absolute Gasteiger partial charge is 0.118 e. The number of nitrogens with zero attached hydrogens (tertiary/aromatic N) is 3. The Morgan fingerprint density at radius 1 is 0.500 bits per heavy atom. The van der Waals surface area contributed by atoms with Crippen molar-refractivity contribution in [3.05, 3.63) is 149 Å². The van der Waals surface area contributed by atoms with Gasteiger partial charge in [0.05, 0.1) is 48.4 Å². The van der Waals surface area contributed by atoms with Crippen LogP contribution >= 0.6 is 0 Å². The Kier molecular flexibility index (Phi) is 8.12. The van der Waals surface area contributed by atoms with Crippen molar-refractivity contribution in [1.82, 2.24) is 4.98 Å². The number of ether oxygens (including phenoxy) is 2. The molecule has 40 heavy (non-hydrogen) atoms. The summed E-state index contributed by atoms with van der Waals surface area (Å²) in [7, 11) is 3.33. The number of methoxy groups -OCH3 is 2. The topological polar surface area (TPSA) is 56.1 Å². The lowest BCUT2D eigenvalue weighted by Crippen LogP contribution is -2.12. The molecule has 0 aliphatic rings. The number of aliphatic imine (C=N–C) groups is 2. The van der Waals surface area contributed by atoms with Gasteiger partial charge in [-0.05, 0) is 97.8 Å². The molecule has 0 aliphatic carbocycles. The first kappa shape index (κ1) is 26.6. The van der Waals surface area contributed by atoms with Crippen molar-refractivity contribution >= 4 is 22.8 Å². The van der Waals surface area contributed by atoms with Crippen LogP contribution in [0.15, 0.2) is 125 Å². The van der Waals surface area contributed by atoms with Gasteiger partial charge in [-0.1, -0.05) is 42.5 Å². The van der Waals surface area contributed by atoms with Crippen LogP contribution in [0.5, 0.6) is 11.5 Å². The molecule has 0 amide bonds. The van der Waals surface area contributed by atoms with E-state index in [0.29, 0.717) is 0 Å². The molecule has 1 aromatic heterocycles. The zero-order valence-electron chi connectivity index (χ0n) is 23.1. The molecule has 0 bridgehead atoms. The molecule has 4 aromatic carbocycles. The Morgan fingerprint density at radius 3 is 1.27 bits per heavy atom. The average Bonchev–Trinajstić information content (AvgIpc) is 3.00. The molecule has 0 saturated heterocycles. The van der Waals surface area contributed by atoms with Crippen LogP contribution in [0.4, 0.5) is 11.4 Å². The van der Waals surface area contributed by atoms with Crippen LogP contribution in [0.25, 0.3) is 0 Å². The molecule has 0 spiro atoms. The molecule has 0 N–H and O–H groups in total. The largest absolute Gasteiger partial charge is 0.497 e. The Bertz CT molecular complexity index is 1550. The van der Waals surface area contributed by atoms with Crippen molar-refractivity contribution in [1.29, 1.82) is 0 Å². The SMILES string of the molecule is COc1ccc(/C(=N\c2ccccc2C)c2cccc(/C(=N/c3ccccc3C)c3ccc(OC)cc3)n2)cc1. The number of para-hydroxylation sites is 2. The molecule has 5 rings (SSSR count). The number of hydrogen-bond donors (Lipinski definition) is 0. The molecule has 198 valence electrons. The van der Waals surface area contributed by atoms with Crippen molar-refractivity contribution < 1.29 is 9.47 Å². The van der Waals surface area contributed by atoms with Crippen molar-refractivity contribution in [2.75, 3.05) is 14.2 Å². The third-order valence-electron chi connectivity index (χ3n) is 6.66. The normalized spacial score (nSPS) is 11.8. The lowest BCUT2D eigenvalue weighted by Gasteiger charge is -2.13. The van der Waals surface area contributed by atoms with E-state index in [-0.39, 0.29) is 0 Å². The van der Waals surface area contributed by atoms with Gasteiger partial charge >= 0.3 is 0 Å². The van der Waals surface area contributed by atoms with E-state index in [0.717, 1.165) is 67.9 Å². The number of rotatable bonds is 8. The summed E-state index contributed by atoms with van der Waals surface area (Å²) in [5.41, 5.74) is 8.87. The molecular formula is C35H31N3O2. The van der Waals surface area contributed by atoms with Gasteiger partial charge in [-0.2, -0.15) is 0 Å². The van der Waals surface area contributed by atoms with Gasteiger partial charge in [0, 0.05) is 11.1 Å². The van der Waals surface area contributed by atoms with Gasteiger partial charge in [-0.3, -0.25) is 0 Å². The van der Waals surface area contributed by atoms with Crippen LogP contribution in [0, 0.1) is 13.8 Å². The number of aromatic nitrogens is 1. The molecule has 0 atom stereocenters. The third kappa shape index (κ3) is 6.00. The fourth-order valence-corrected chi connectivity index (χ4v) is 4.35. The van der Waals surface area contributed by atoms with Crippen molar-refractivity contribution in [3.63, 3.8) is 0 Å². The molecule has 0 radical (unpaired) electrons. The maximum Gasteiger partial charge on any atom is 0.118 e. The molecule has 5 heteroatoms. The first-order valence-electron chi connectivity index (χ1n) is 13.1. The van der Waals surface area contributed by atoms with Crippen LogP contribution in [0.1, 0.15) is 33.6 Å². The molecule has 0 saturated carbocycles. The van der Waals surface area contributed by atoms with E-state index in [4.69, 9.17) is 24.4 Å². The van der Waals surface area contributed by atoms with Gasteiger partial charge in [-0.15, -0.1) is 0 Å². The maximum absolute atomic E-state index is 5.39. The predicted octanol–water partition coefficient (Wildman–Crippen LogP) is 8.05. The molecule has 1 heterocycles. The summed E-state index contributed by atoms with van der Waals surface area (Å²) >= 11 is 0.